The average molecular weight is 397 g/mol. The standard InChI is InChI=1S/C20H21ClN6O/c1-2-23-20-24-10-16-18(25-20)27-7-3-4-15(27)12-26(19(16)28)11-14-6-5-13(9-22)8-17(14)21/h5-6,8,10,15H,2-4,7,11-12H2,1H3,(H,23,24,25)/t15-/m0/s1. The van der Waals surface area contributed by atoms with Gasteiger partial charge in [-0.05, 0) is 37.5 Å². The van der Waals surface area contributed by atoms with Crippen LogP contribution in [0.2, 0.25) is 5.02 Å². The molecule has 144 valence electrons. The maximum atomic E-state index is 13.3. The van der Waals surface area contributed by atoms with Gasteiger partial charge in [0.2, 0.25) is 5.95 Å². The summed E-state index contributed by atoms with van der Waals surface area (Å²) in [6.45, 7) is 4.60. The third-order valence-electron chi connectivity index (χ3n) is 5.24. The Morgan fingerprint density at radius 3 is 3.04 bits per heavy atom. The first-order valence-corrected chi connectivity index (χ1v) is 9.84. The summed E-state index contributed by atoms with van der Waals surface area (Å²) in [6, 6.07) is 7.49. The first-order valence-electron chi connectivity index (χ1n) is 9.46. The van der Waals surface area contributed by atoms with Crippen LogP contribution in [0.25, 0.3) is 0 Å². The van der Waals surface area contributed by atoms with E-state index in [2.05, 4.69) is 26.3 Å². The summed E-state index contributed by atoms with van der Waals surface area (Å²) in [5.41, 5.74) is 1.86. The lowest BCUT2D eigenvalue weighted by molar-refractivity contribution is 0.0741. The molecule has 1 aromatic heterocycles. The predicted molar refractivity (Wildman–Crippen MR) is 107 cm³/mol. The number of benzene rings is 1. The number of anilines is 2. The van der Waals surface area contributed by atoms with Crippen LogP contribution in [0.1, 0.15) is 41.3 Å². The highest BCUT2D eigenvalue weighted by atomic mass is 35.5. The Morgan fingerprint density at radius 2 is 2.29 bits per heavy atom. The van der Waals surface area contributed by atoms with Crippen LogP contribution < -0.4 is 10.2 Å². The number of carbonyl (C=O) groups is 1. The van der Waals surface area contributed by atoms with Crippen LogP contribution in [0.15, 0.2) is 24.4 Å². The molecule has 2 aromatic rings. The second-order valence-electron chi connectivity index (χ2n) is 7.05. The average Bonchev–Trinajstić information content (AvgIpc) is 3.13. The van der Waals surface area contributed by atoms with Gasteiger partial charge >= 0.3 is 0 Å². The van der Waals surface area contributed by atoms with Crippen LogP contribution in [-0.4, -0.2) is 46.5 Å². The molecule has 0 saturated carbocycles. The van der Waals surface area contributed by atoms with Crippen LogP contribution in [0.3, 0.4) is 0 Å². The van der Waals surface area contributed by atoms with Gasteiger partial charge in [-0.3, -0.25) is 4.79 Å². The van der Waals surface area contributed by atoms with Crippen molar-refractivity contribution < 1.29 is 4.79 Å². The highest BCUT2D eigenvalue weighted by Gasteiger charge is 2.37. The number of hydrogen-bond acceptors (Lipinski definition) is 6. The summed E-state index contributed by atoms with van der Waals surface area (Å²) in [5, 5.41) is 12.7. The zero-order valence-corrected chi connectivity index (χ0v) is 16.4. The summed E-state index contributed by atoms with van der Waals surface area (Å²) < 4.78 is 0. The third kappa shape index (κ3) is 3.36. The molecule has 2 aliphatic rings. The second-order valence-corrected chi connectivity index (χ2v) is 7.46. The monoisotopic (exact) mass is 396 g/mol. The van der Waals surface area contributed by atoms with Crippen LogP contribution in [-0.2, 0) is 6.54 Å². The molecular formula is C20H21ClN6O. The summed E-state index contributed by atoms with van der Waals surface area (Å²) in [7, 11) is 0. The number of nitrogens with one attached hydrogen (secondary N) is 1. The number of carbonyl (C=O) groups excluding carboxylic acids is 1. The van der Waals surface area contributed by atoms with Gasteiger partial charge in [-0.2, -0.15) is 10.2 Å². The largest absolute Gasteiger partial charge is 0.354 e. The fraction of sp³-hybridized carbons (Fsp3) is 0.400. The Kier molecular flexibility index (Phi) is 5.05. The maximum absolute atomic E-state index is 13.3. The Balaban J connectivity index is 1.69. The lowest BCUT2D eigenvalue weighted by atomic mass is 10.1. The zero-order valence-electron chi connectivity index (χ0n) is 15.7. The molecule has 1 N–H and O–H groups in total. The molecule has 0 bridgehead atoms. The van der Waals surface area contributed by atoms with Crippen LogP contribution in [0.4, 0.5) is 11.8 Å². The van der Waals surface area contributed by atoms with Crippen molar-refractivity contribution in [2.24, 2.45) is 0 Å². The van der Waals surface area contributed by atoms with E-state index in [0.717, 1.165) is 31.5 Å². The van der Waals surface area contributed by atoms with Crippen LogP contribution in [0.5, 0.6) is 0 Å². The van der Waals surface area contributed by atoms with Crippen molar-refractivity contribution in [1.29, 1.82) is 5.26 Å². The molecule has 1 amide bonds. The molecule has 0 radical (unpaired) electrons. The van der Waals surface area contributed by atoms with E-state index in [9.17, 15) is 4.79 Å². The van der Waals surface area contributed by atoms with E-state index >= 15 is 0 Å². The molecule has 4 rings (SSSR count). The van der Waals surface area contributed by atoms with Crippen molar-refractivity contribution in [1.82, 2.24) is 14.9 Å². The predicted octanol–water partition coefficient (Wildman–Crippen LogP) is 3.06. The summed E-state index contributed by atoms with van der Waals surface area (Å²) in [6.07, 6.45) is 3.71. The molecule has 2 aliphatic heterocycles. The van der Waals surface area contributed by atoms with E-state index in [0.29, 0.717) is 41.0 Å². The minimum absolute atomic E-state index is 0.0899. The van der Waals surface area contributed by atoms with Crippen molar-refractivity contribution in [3.05, 3.63) is 46.1 Å². The van der Waals surface area contributed by atoms with Crippen molar-refractivity contribution in [2.45, 2.75) is 32.4 Å². The molecule has 28 heavy (non-hydrogen) atoms. The first kappa shape index (κ1) is 18.5. The van der Waals surface area contributed by atoms with Crippen molar-refractivity contribution in [2.75, 3.05) is 29.9 Å². The van der Waals surface area contributed by atoms with E-state index < -0.39 is 0 Å². The normalized spacial score (nSPS) is 18.3. The van der Waals surface area contributed by atoms with Gasteiger partial charge in [0.1, 0.15) is 11.4 Å². The molecule has 0 aliphatic carbocycles. The number of aromatic nitrogens is 2. The van der Waals surface area contributed by atoms with Gasteiger partial charge in [-0.15, -0.1) is 0 Å². The van der Waals surface area contributed by atoms with Gasteiger partial charge in [-0.1, -0.05) is 17.7 Å². The number of hydrogen-bond donors (Lipinski definition) is 1. The number of fused-ring (bicyclic) bond motifs is 3. The third-order valence-corrected chi connectivity index (χ3v) is 5.60. The molecule has 0 unspecified atom stereocenters. The summed E-state index contributed by atoms with van der Waals surface area (Å²) in [4.78, 5) is 26.3. The maximum Gasteiger partial charge on any atom is 0.259 e. The molecule has 1 saturated heterocycles. The number of amides is 1. The van der Waals surface area contributed by atoms with E-state index in [-0.39, 0.29) is 11.9 Å². The molecule has 8 heteroatoms. The highest BCUT2D eigenvalue weighted by Crippen LogP contribution is 2.33. The van der Waals surface area contributed by atoms with Gasteiger partial charge in [-0.25, -0.2) is 4.98 Å². The fourth-order valence-corrected chi connectivity index (χ4v) is 4.13. The smallest absolute Gasteiger partial charge is 0.259 e. The van der Waals surface area contributed by atoms with E-state index in [1.165, 1.54) is 0 Å². The van der Waals surface area contributed by atoms with Gasteiger partial charge in [0, 0.05) is 43.4 Å². The van der Waals surface area contributed by atoms with Crippen molar-refractivity contribution >= 4 is 29.3 Å². The SMILES string of the molecule is CCNc1ncc2c(n1)N1CCC[C@H]1CN(Cc1ccc(C#N)cc1Cl)C2=O. The minimum Gasteiger partial charge on any atom is -0.354 e. The Labute approximate surface area is 168 Å². The van der Waals surface area contributed by atoms with E-state index in [4.69, 9.17) is 16.9 Å². The van der Waals surface area contributed by atoms with Crippen molar-refractivity contribution in [3.63, 3.8) is 0 Å². The van der Waals surface area contributed by atoms with Gasteiger partial charge in [0.25, 0.3) is 5.91 Å². The molecule has 3 heterocycles. The molecule has 1 fully saturated rings. The van der Waals surface area contributed by atoms with Gasteiger partial charge < -0.3 is 15.1 Å². The Hall–Kier alpha value is -2.85. The number of rotatable bonds is 4. The van der Waals surface area contributed by atoms with Crippen molar-refractivity contribution in [3.8, 4) is 6.07 Å². The van der Waals surface area contributed by atoms with Crippen LogP contribution in [0, 0.1) is 11.3 Å². The number of halogens is 1. The second kappa shape index (κ2) is 7.64. The van der Waals surface area contributed by atoms with Gasteiger partial charge in [0.05, 0.1) is 11.6 Å². The molecule has 1 aromatic carbocycles. The Morgan fingerprint density at radius 1 is 1.43 bits per heavy atom. The Bertz CT molecular complexity index is 956. The van der Waals surface area contributed by atoms with Crippen LogP contribution >= 0.6 is 11.6 Å². The lowest BCUT2D eigenvalue weighted by Gasteiger charge is -2.27. The molecule has 7 nitrogen and oxygen atoms in total. The van der Waals surface area contributed by atoms with E-state index in [1.807, 2.05) is 17.9 Å². The summed E-state index contributed by atoms with van der Waals surface area (Å²) in [5.74, 6) is 1.17. The fourth-order valence-electron chi connectivity index (χ4n) is 3.88. The number of nitriles is 1. The topological polar surface area (TPSA) is 85.2 Å². The first-order chi connectivity index (χ1) is 13.6. The molecule has 0 spiro atoms. The lowest BCUT2D eigenvalue weighted by Crippen LogP contribution is -2.39. The number of nitrogens with zero attached hydrogens (tertiary/aromatic N) is 5. The quantitative estimate of drug-likeness (QED) is 0.854. The highest BCUT2D eigenvalue weighted by molar-refractivity contribution is 6.31. The molecule has 1 atom stereocenters. The minimum atomic E-state index is -0.0899. The van der Waals surface area contributed by atoms with E-state index in [1.54, 1.807) is 18.3 Å². The summed E-state index contributed by atoms with van der Waals surface area (Å²) >= 11 is 6.35. The zero-order chi connectivity index (χ0) is 19.7. The molecular weight excluding hydrogens is 376 g/mol. The van der Waals surface area contributed by atoms with Gasteiger partial charge in [0.15, 0.2) is 0 Å².